The van der Waals surface area contributed by atoms with Crippen LogP contribution in [0.1, 0.15) is 6.42 Å². The molecule has 0 radical (unpaired) electrons. The molecule has 17 heavy (non-hydrogen) atoms. The van der Waals surface area contributed by atoms with Crippen LogP contribution in [0.3, 0.4) is 0 Å². The van der Waals surface area contributed by atoms with Gasteiger partial charge in [0, 0.05) is 25.4 Å². The number of nitrogens with zero attached hydrogens (tertiary/aromatic N) is 2. The molecule has 9 nitrogen and oxygen atoms in total. The van der Waals surface area contributed by atoms with Gasteiger partial charge in [0.1, 0.15) is 0 Å². The van der Waals surface area contributed by atoms with Crippen LogP contribution < -0.4 is 14.7 Å². The normalized spacial score (nSPS) is 19.6. The van der Waals surface area contributed by atoms with Crippen molar-refractivity contribution in [2.75, 3.05) is 0 Å². The van der Waals surface area contributed by atoms with Gasteiger partial charge in [-0.3, -0.25) is 0 Å². The quantitative estimate of drug-likeness (QED) is 0.555. The Morgan fingerprint density at radius 2 is 1.94 bits per heavy atom. The first-order valence-corrected chi connectivity index (χ1v) is 7.44. The standard InChI is InChI=1S/C6H12N2O7P2/c9-6(16(10,11)12,17(13,14)15)1-3-8-4-2-7-5-8/h2,4-5,9H,1,3H2,(H2,10,11,12)(H2,13,14,15)/p-3. The van der Waals surface area contributed by atoms with Crippen molar-refractivity contribution >= 4 is 15.2 Å². The molecule has 0 aromatic carbocycles. The topological polar surface area (TPSA) is 162 Å². The average molecular weight is 283 g/mol. The third-order valence-corrected chi connectivity index (χ3v) is 5.88. The lowest BCUT2D eigenvalue weighted by atomic mass is 10.4. The number of aromatic nitrogens is 2. The molecule has 0 aliphatic rings. The predicted octanol–water partition coefficient (Wildman–Crippen LogP) is -2.62. The second-order valence-corrected chi connectivity index (χ2v) is 7.21. The van der Waals surface area contributed by atoms with Crippen LogP contribution in [-0.2, 0) is 15.7 Å². The third kappa shape index (κ3) is 3.02. The van der Waals surface area contributed by atoms with E-state index in [9.17, 15) is 28.9 Å². The fourth-order valence-corrected chi connectivity index (χ4v) is 3.13. The SMILES string of the molecule is O=P([O-])([O-])C(O)(CCn1ccnc1)P(=O)([O-])O. The van der Waals surface area contributed by atoms with Gasteiger partial charge in [0.15, 0.2) is 12.7 Å². The maximum absolute atomic E-state index is 10.8. The van der Waals surface area contributed by atoms with Crippen LogP contribution in [0.25, 0.3) is 0 Å². The minimum absolute atomic E-state index is 0.308. The van der Waals surface area contributed by atoms with Crippen molar-refractivity contribution < 1.29 is 33.8 Å². The van der Waals surface area contributed by atoms with Gasteiger partial charge >= 0.3 is 0 Å². The summed E-state index contributed by atoms with van der Waals surface area (Å²) in [7, 11) is -11.7. The Labute approximate surface area is 96.1 Å². The van der Waals surface area contributed by atoms with E-state index in [4.69, 9.17) is 4.89 Å². The fraction of sp³-hybridized carbons (Fsp3) is 0.500. The van der Waals surface area contributed by atoms with Gasteiger partial charge < -0.3 is 38.4 Å². The number of aryl methyl sites for hydroxylation is 1. The highest BCUT2D eigenvalue weighted by Gasteiger charge is 2.41. The van der Waals surface area contributed by atoms with Crippen molar-refractivity contribution in [1.82, 2.24) is 9.55 Å². The van der Waals surface area contributed by atoms with Crippen molar-refractivity contribution in [1.29, 1.82) is 0 Å². The van der Waals surface area contributed by atoms with Crippen molar-refractivity contribution in [2.45, 2.75) is 18.0 Å². The maximum Gasteiger partial charge on any atom is 0.168 e. The Morgan fingerprint density at radius 1 is 1.35 bits per heavy atom. The molecule has 2 unspecified atom stereocenters. The summed E-state index contributed by atoms with van der Waals surface area (Å²) in [5.41, 5.74) is 0. The second-order valence-electron chi connectivity index (χ2n) is 3.34. The van der Waals surface area contributed by atoms with Gasteiger partial charge in [0.05, 0.1) is 6.33 Å². The van der Waals surface area contributed by atoms with E-state index in [1.165, 1.54) is 23.3 Å². The summed E-state index contributed by atoms with van der Waals surface area (Å²) < 4.78 is 22.8. The molecule has 2 atom stereocenters. The maximum atomic E-state index is 10.8. The summed E-state index contributed by atoms with van der Waals surface area (Å²) in [5, 5.41) is 5.63. The van der Waals surface area contributed by atoms with E-state index in [0.717, 1.165) is 0 Å². The Hall–Kier alpha value is -0.530. The van der Waals surface area contributed by atoms with Gasteiger partial charge in [0.2, 0.25) is 0 Å². The molecule has 0 saturated heterocycles. The van der Waals surface area contributed by atoms with Gasteiger partial charge in [-0.2, -0.15) is 0 Å². The molecule has 2 N–H and O–H groups in total. The van der Waals surface area contributed by atoms with Crippen LogP contribution in [0, 0.1) is 0 Å². The van der Waals surface area contributed by atoms with Crippen LogP contribution in [-0.4, -0.2) is 24.6 Å². The lowest BCUT2D eigenvalue weighted by Crippen LogP contribution is -2.42. The first-order chi connectivity index (χ1) is 7.58. The summed E-state index contributed by atoms with van der Waals surface area (Å²) in [6.07, 6.45) is 2.95. The third-order valence-electron chi connectivity index (χ3n) is 2.16. The summed E-state index contributed by atoms with van der Waals surface area (Å²) in [4.78, 5) is 44.5. The zero-order valence-electron chi connectivity index (χ0n) is 8.37. The highest BCUT2D eigenvalue weighted by Crippen LogP contribution is 2.62. The Kier molecular flexibility index (Phi) is 3.95. The van der Waals surface area contributed by atoms with E-state index in [2.05, 4.69) is 4.98 Å². The summed E-state index contributed by atoms with van der Waals surface area (Å²) in [5.74, 6) is 0. The highest BCUT2D eigenvalue weighted by molar-refractivity contribution is 7.70. The molecular formula is C6H9N2O7P2-3. The monoisotopic (exact) mass is 283 g/mol. The lowest BCUT2D eigenvalue weighted by molar-refractivity contribution is -0.328. The zero-order chi connectivity index (χ0) is 13.3. The van der Waals surface area contributed by atoms with E-state index in [1.54, 1.807) is 0 Å². The van der Waals surface area contributed by atoms with Crippen molar-refractivity contribution in [3.63, 3.8) is 0 Å². The second kappa shape index (κ2) is 4.62. The molecule has 0 spiro atoms. The number of hydrogen-bond acceptors (Lipinski definition) is 7. The Bertz CT molecular complexity index is 439. The van der Waals surface area contributed by atoms with Gasteiger partial charge in [-0.25, -0.2) is 4.98 Å². The molecule has 0 amide bonds. The number of hydrogen-bond donors (Lipinski definition) is 2. The highest BCUT2D eigenvalue weighted by atomic mass is 31.2. The fourth-order valence-electron chi connectivity index (χ4n) is 1.13. The minimum atomic E-state index is -5.93. The molecule has 11 heteroatoms. The average Bonchev–Trinajstić information content (AvgIpc) is 2.62. The summed E-state index contributed by atoms with van der Waals surface area (Å²) >= 11 is 0. The first kappa shape index (κ1) is 14.5. The minimum Gasteiger partial charge on any atom is -0.808 e. The molecular weight excluding hydrogens is 274 g/mol. The Balaban J connectivity index is 2.94. The van der Waals surface area contributed by atoms with E-state index < -0.39 is 26.7 Å². The zero-order valence-corrected chi connectivity index (χ0v) is 10.2. The molecule has 0 aliphatic carbocycles. The van der Waals surface area contributed by atoms with Crippen LogP contribution >= 0.6 is 15.2 Å². The van der Waals surface area contributed by atoms with E-state index in [1.807, 2.05) is 0 Å². The van der Waals surface area contributed by atoms with Gasteiger partial charge in [-0.1, -0.05) is 0 Å². The van der Waals surface area contributed by atoms with E-state index in [-0.39, 0.29) is 6.54 Å². The van der Waals surface area contributed by atoms with Crippen molar-refractivity contribution in [3.05, 3.63) is 18.7 Å². The van der Waals surface area contributed by atoms with Crippen LogP contribution in [0.2, 0.25) is 0 Å². The Morgan fingerprint density at radius 3 is 2.29 bits per heavy atom. The van der Waals surface area contributed by atoms with Crippen molar-refractivity contribution in [2.24, 2.45) is 0 Å². The largest absolute Gasteiger partial charge is 0.808 e. The molecule has 1 aromatic heterocycles. The van der Waals surface area contributed by atoms with Gasteiger partial charge in [0.25, 0.3) is 0 Å². The number of rotatable bonds is 5. The number of aliphatic hydroxyl groups is 1. The van der Waals surface area contributed by atoms with E-state index in [0.29, 0.717) is 0 Å². The smallest absolute Gasteiger partial charge is 0.168 e. The molecule has 0 aliphatic heterocycles. The molecule has 1 rings (SSSR count). The van der Waals surface area contributed by atoms with Crippen molar-refractivity contribution in [3.8, 4) is 0 Å². The molecule has 1 aromatic rings. The van der Waals surface area contributed by atoms with E-state index >= 15 is 0 Å². The molecule has 1 heterocycles. The van der Waals surface area contributed by atoms with Gasteiger partial charge in [-0.05, 0) is 7.60 Å². The van der Waals surface area contributed by atoms with Gasteiger partial charge in [-0.15, -0.1) is 0 Å². The number of imidazole rings is 1. The van der Waals surface area contributed by atoms with Crippen LogP contribution in [0.5, 0.6) is 0 Å². The molecule has 0 saturated carbocycles. The summed E-state index contributed by atoms with van der Waals surface area (Å²) in [6, 6.07) is 0. The summed E-state index contributed by atoms with van der Waals surface area (Å²) in [6.45, 7) is -0.308. The van der Waals surface area contributed by atoms with Crippen LogP contribution in [0.4, 0.5) is 0 Å². The predicted molar refractivity (Wildman–Crippen MR) is 49.2 cm³/mol. The molecule has 0 fully saturated rings. The van der Waals surface area contributed by atoms with Crippen LogP contribution in [0.15, 0.2) is 18.7 Å². The molecule has 98 valence electrons. The molecule has 0 bridgehead atoms. The lowest BCUT2D eigenvalue weighted by Gasteiger charge is -2.49. The first-order valence-electron chi connectivity index (χ1n) is 4.32.